The summed E-state index contributed by atoms with van der Waals surface area (Å²) < 4.78 is 23.2. The maximum absolute atomic E-state index is 13.5. The number of carboxylic acid groups (broad SMARTS) is 1. The van der Waals surface area contributed by atoms with Gasteiger partial charge < -0.3 is 14.6 Å². The van der Waals surface area contributed by atoms with E-state index in [1.807, 2.05) is 0 Å². The third-order valence-corrected chi connectivity index (χ3v) is 1.89. The van der Waals surface area contributed by atoms with Crippen molar-refractivity contribution in [1.82, 2.24) is 0 Å². The van der Waals surface area contributed by atoms with E-state index in [0.717, 1.165) is 0 Å². The summed E-state index contributed by atoms with van der Waals surface area (Å²) in [6.45, 7) is 0. The average Bonchev–Trinajstić information content (AvgIpc) is 2.20. The first-order valence-electron chi connectivity index (χ1n) is 4.20. The largest absolute Gasteiger partial charge is 0.497 e. The van der Waals surface area contributed by atoms with Crippen LogP contribution >= 0.6 is 0 Å². The summed E-state index contributed by atoms with van der Waals surface area (Å²) in [6.07, 6.45) is -0.403. The van der Waals surface area contributed by atoms with Crippen LogP contribution in [0.25, 0.3) is 0 Å². The predicted molar refractivity (Wildman–Crippen MR) is 50.8 cm³/mol. The van der Waals surface area contributed by atoms with Crippen LogP contribution in [0.1, 0.15) is 5.56 Å². The van der Waals surface area contributed by atoms with Crippen LogP contribution in [-0.4, -0.2) is 25.3 Å². The number of aliphatic carboxylic acids is 1. The Kier molecular flexibility index (Phi) is 3.49. The van der Waals surface area contributed by atoms with Crippen molar-refractivity contribution in [3.63, 3.8) is 0 Å². The molecule has 0 spiro atoms. The highest BCUT2D eigenvalue weighted by Crippen LogP contribution is 2.27. The van der Waals surface area contributed by atoms with E-state index >= 15 is 0 Å². The molecule has 0 atom stereocenters. The number of halogens is 1. The molecule has 0 radical (unpaired) electrons. The molecule has 4 nitrogen and oxygen atoms in total. The van der Waals surface area contributed by atoms with Crippen molar-refractivity contribution in [2.75, 3.05) is 14.2 Å². The number of carboxylic acids is 1. The lowest BCUT2D eigenvalue weighted by molar-refractivity contribution is -0.136. The molecule has 0 saturated carbocycles. The number of methoxy groups -OCH3 is 2. The Morgan fingerprint density at radius 1 is 1.40 bits per heavy atom. The molecule has 1 aromatic rings. The second kappa shape index (κ2) is 4.63. The Bertz CT molecular complexity index is 376. The van der Waals surface area contributed by atoms with Gasteiger partial charge in [-0.05, 0) is 6.07 Å². The Labute approximate surface area is 86.2 Å². The molecule has 1 N–H and O–H groups in total. The fourth-order valence-electron chi connectivity index (χ4n) is 1.19. The lowest BCUT2D eigenvalue weighted by Crippen LogP contribution is -2.04. The first-order valence-corrected chi connectivity index (χ1v) is 4.20. The summed E-state index contributed by atoms with van der Waals surface area (Å²) in [5.41, 5.74) is 0.0405. The highest BCUT2D eigenvalue weighted by Gasteiger charge is 2.14. The van der Waals surface area contributed by atoms with Crippen LogP contribution < -0.4 is 9.47 Å². The number of ether oxygens (including phenoxy) is 2. The van der Waals surface area contributed by atoms with E-state index in [2.05, 4.69) is 0 Å². The Morgan fingerprint density at radius 3 is 2.53 bits per heavy atom. The predicted octanol–water partition coefficient (Wildman–Crippen LogP) is 1.47. The molecule has 0 amide bonds. The number of hydrogen-bond donors (Lipinski definition) is 1. The van der Waals surface area contributed by atoms with Crippen molar-refractivity contribution in [1.29, 1.82) is 0 Å². The van der Waals surface area contributed by atoms with Crippen molar-refractivity contribution >= 4 is 5.97 Å². The third-order valence-electron chi connectivity index (χ3n) is 1.89. The van der Waals surface area contributed by atoms with Gasteiger partial charge in [-0.3, -0.25) is 4.79 Å². The standard InChI is InChI=1S/C10H11FO4/c1-14-7-3-6(4-9(12)13)10(11)8(5-7)15-2/h3,5H,4H2,1-2H3,(H,12,13). The van der Waals surface area contributed by atoms with Crippen molar-refractivity contribution in [3.05, 3.63) is 23.5 Å². The second-order valence-corrected chi connectivity index (χ2v) is 2.87. The molecule has 0 saturated heterocycles. The minimum absolute atomic E-state index is 0.0226. The van der Waals surface area contributed by atoms with Gasteiger partial charge in [0.1, 0.15) is 5.75 Å². The first kappa shape index (κ1) is 11.3. The molecule has 0 aliphatic heterocycles. The van der Waals surface area contributed by atoms with Crippen LogP contribution in [0, 0.1) is 5.82 Å². The molecule has 82 valence electrons. The number of carbonyl (C=O) groups is 1. The highest BCUT2D eigenvalue weighted by atomic mass is 19.1. The van der Waals surface area contributed by atoms with E-state index in [1.165, 1.54) is 26.4 Å². The summed E-state index contributed by atoms with van der Waals surface area (Å²) in [5, 5.41) is 8.57. The normalized spacial score (nSPS) is 9.80. The van der Waals surface area contributed by atoms with E-state index in [0.29, 0.717) is 5.75 Å². The van der Waals surface area contributed by atoms with Gasteiger partial charge in [-0.25, -0.2) is 4.39 Å². The maximum Gasteiger partial charge on any atom is 0.307 e. The Hall–Kier alpha value is -1.78. The summed E-state index contributed by atoms with van der Waals surface area (Å²) in [4.78, 5) is 10.5. The number of benzene rings is 1. The van der Waals surface area contributed by atoms with Crippen LogP contribution in [0.15, 0.2) is 12.1 Å². The van der Waals surface area contributed by atoms with E-state index in [-0.39, 0.29) is 11.3 Å². The zero-order valence-corrected chi connectivity index (χ0v) is 8.41. The fourth-order valence-corrected chi connectivity index (χ4v) is 1.19. The zero-order valence-electron chi connectivity index (χ0n) is 8.41. The SMILES string of the molecule is COc1cc(CC(=O)O)c(F)c(OC)c1. The van der Waals surface area contributed by atoms with Crippen molar-refractivity contribution in [3.8, 4) is 11.5 Å². The molecular weight excluding hydrogens is 203 g/mol. The summed E-state index contributed by atoms with van der Waals surface area (Å²) in [5.74, 6) is -1.43. The lowest BCUT2D eigenvalue weighted by atomic mass is 10.1. The minimum Gasteiger partial charge on any atom is -0.497 e. The van der Waals surface area contributed by atoms with Gasteiger partial charge in [-0.1, -0.05) is 0 Å². The molecule has 15 heavy (non-hydrogen) atoms. The van der Waals surface area contributed by atoms with Gasteiger partial charge >= 0.3 is 5.97 Å². The minimum atomic E-state index is -1.11. The third kappa shape index (κ3) is 2.59. The van der Waals surface area contributed by atoms with Crippen LogP contribution in [0.3, 0.4) is 0 Å². The molecule has 1 aromatic carbocycles. The molecule has 0 bridgehead atoms. The quantitative estimate of drug-likeness (QED) is 0.824. The molecule has 5 heteroatoms. The van der Waals surface area contributed by atoms with Gasteiger partial charge in [0.05, 0.1) is 20.6 Å². The van der Waals surface area contributed by atoms with Gasteiger partial charge in [0.15, 0.2) is 11.6 Å². The van der Waals surface area contributed by atoms with Crippen molar-refractivity contribution in [2.45, 2.75) is 6.42 Å². The van der Waals surface area contributed by atoms with Crippen LogP contribution in [0.5, 0.6) is 11.5 Å². The van der Waals surface area contributed by atoms with Gasteiger partial charge in [-0.15, -0.1) is 0 Å². The van der Waals surface area contributed by atoms with Crippen LogP contribution in [-0.2, 0) is 11.2 Å². The van der Waals surface area contributed by atoms with E-state index in [4.69, 9.17) is 14.6 Å². The zero-order chi connectivity index (χ0) is 11.4. The van der Waals surface area contributed by atoms with E-state index in [9.17, 15) is 9.18 Å². The number of rotatable bonds is 4. The molecule has 0 aliphatic rings. The van der Waals surface area contributed by atoms with Crippen LogP contribution in [0.4, 0.5) is 4.39 Å². The molecule has 0 aliphatic carbocycles. The summed E-state index contributed by atoms with van der Waals surface area (Å²) >= 11 is 0. The molecule has 0 heterocycles. The Morgan fingerprint density at radius 2 is 2.07 bits per heavy atom. The molecule has 0 aromatic heterocycles. The molecule has 0 unspecified atom stereocenters. The maximum atomic E-state index is 13.5. The summed E-state index contributed by atoms with van der Waals surface area (Å²) in [6, 6.07) is 2.70. The van der Waals surface area contributed by atoms with E-state index < -0.39 is 18.2 Å². The molecule has 0 fully saturated rings. The monoisotopic (exact) mass is 214 g/mol. The van der Waals surface area contributed by atoms with Gasteiger partial charge in [-0.2, -0.15) is 0 Å². The van der Waals surface area contributed by atoms with Crippen molar-refractivity contribution < 1.29 is 23.8 Å². The average molecular weight is 214 g/mol. The molecule has 1 rings (SSSR count). The topological polar surface area (TPSA) is 55.8 Å². The van der Waals surface area contributed by atoms with Gasteiger partial charge in [0, 0.05) is 11.6 Å². The fraction of sp³-hybridized carbons (Fsp3) is 0.300. The first-order chi connectivity index (χ1) is 7.08. The lowest BCUT2D eigenvalue weighted by Gasteiger charge is -2.08. The van der Waals surface area contributed by atoms with Crippen molar-refractivity contribution in [2.24, 2.45) is 0 Å². The number of hydrogen-bond acceptors (Lipinski definition) is 3. The second-order valence-electron chi connectivity index (χ2n) is 2.87. The van der Waals surface area contributed by atoms with Crippen LogP contribution in [0.2, 0.25) is 0 Å². The van der Waals surface area contributed by atoms with Gasteiger partial charge in [0.25, 0.3) is 0 Å². The van der Waals surface area contributed by atoms with Gasteiger partial charge in [0.2, 0.25) is 0 Å². The van der Waals surface area contributed by atoms with E-state index in [1.54, 1.807) is 0 Å². The highest BCUT2D eigenvalue weighted by molar-refractivity contribution is 5.70. The smallest absolute Gasteiger partial charge is 0.307 e. The Balaban J connectivity index is 3.17. The molecular formula is C10H11FO4. The summed E-state index contributed by atoms with van der Waals surface area (Å²) in [7, 11) is 2.72.